The second-order valence-corrected chi connectivity index (χ2v) is 7.28. The number of carbonyl (C=O) groups excluding carboxylic acids is 2. The second-order valence-electron chi connectivity index (χ2n) is 7.28. The lowest BCUT2D eigenvalue weighted by molar-refractivity contribution is -0.131. The first-order valence-corrected chi connectivity index (χ1v) is 10.6. The van der Waals surface area contributed by atoms with Crippen LogP contribution in [0.25, 0.3) is 11.0 Å². The van der Waals surface area contributed by atoms with Crippen molar-refractivity contribution < 1.29 is 9.59 Å². The molecule has 1 aromatic heterocycles. The summed E-state index contributed by atoms with van der Waals surface area (Å²) in [5.74, 6) is 1.00. The number of fused-ring (bicyclic) bond motifs is 1. The zero-order valence-corrected chi connectivity index (χ0v) is 17.8. The average Bonchev–Trinajstić information content (AvgIpc) is 3.10. The number of imidazole rings is 1. The van der Waals surface area contributed by atoms with Gasteiger partial charge in [-0.05, 0) is 38.0 Å². The van der Waals surface area contributed by atoms with E-state index in [9.17, 15) is 9.59 Å². The number of aryl methyl sites for hydroxylation is 1. The molecule has 0 saturated heterocycles. The number of amides is 2. The summed E-state index contributed by atoms with van der Waals surface area (Å²) < 4.78 is 2.02. The third-order valence-electron chi connectivity index (χ3n) is 5.25. The standard InChI is InChI=1S/C24H30N4O2/c1-3-27(4-2)24(30)18-28-21-14-9-8-13-20(21)26-22(28)15-10-16-25-23(29)17-19-11-6-5-7-12-19/h5-9,11-14H,3-4,10,15-18H2,1-2H3,(H,25,29). The maximum atomic E-state index is 12.7. The lowest BCUT2D eigenvalue weighted by Crippen LogP contribution is -2.33. The van der Waals surface area contributed by atoms with Crippen molar-refractivity contribution in [2.24, 2.45) is 0 Å². The average molecular weight is 407 g/mol. The van der Waals surface area contributed by atoms with Crippen LogP contribution in [0.4, 0.5) is 0 Å². The molecule has 0 unspecified atom stereocenters. The topological polar surface area (TPSA) is 67.2 Å². The molecule has 1 N–H and O–H groups in total. The quantitative estimate of drug-likeness (QED) is 0.526. The van der Waals surface area contributed by atoms with E-state index >= 15 is 0 Å². The fraction of sp³-hybridized carbons (Fsp3) is 0.375. The molecule has 6 nitrogen and oxygen atoms in total. The summed E-state index contributed by atoms with van der Waals surface area (Å²) in [5.41, 5.74) is 2.88. The molecule has 0 bridgehead atoms. The molecule has 0 aliphatic heterocycles. The van der Waals surface area contributed by atoms with E-state index in [2.05, 4.69) is 5.32 Å². The maximum absolute atomic E-state index is 12.7. The van der Waals surface area contributed by atoms with Gasteiger partial charge in [0.1, 0.15) is 12.4 Å². The Morgan fingerprint density at radius 2 is 1.70 bits per heavy atom. The molecular weight excluding hydrogens is 376 g/mol. The van der Waals surface area contributed by atoms with Crippen molar-refractivity contribution in [3.63, 3.8) is 0 Å². The summed E-state index contributed by atoms with van der Waals surface area (Å²) in [5, 5.41) is 2.98. The first kappa shape index (κ1) is 21.6. The number of benzene rings is 2. The Labute approximate surface area is 177 Å². The van der Waals surface area contributed by atoms with Crippen LogP contribution in [0.15, 0.2) is 54.6 Å². The van der Waals surface area contributed by atoms with E-state index in [1.165, 1.54) is 0 Å². The highest BCUT2D eigenvalue weighted by Crippen LogP contribution is 2.17. The molecule has 0 atom stereocenters. The van der Waals surface area contributed by atoms with Crippen LogP contribution in [0, 0.1) is 0 Å². The SMILES string of the molecule is CCN(CC)C(=O)Cn1c(CCCNC(=O)Cc2ccccc2)nc2ccccc21. The molecule has 0 aliphatic rings. The molecule has 0 fully saturated rings. The Bertz CT molecular complexity index is 977. The zero-order chi connectivity index (χ0) is 21.3. The summed E-state index contributed by atoms with van der Waals surface area (Å²) >= 11 is 0. The van der Waals surface area contributed by atoms with Crippen LogP contribution in [0.5, 0.6) is 0 Å². The largest absolute Gasteiger partial charge is 0.356 e. The highest BCUT2D eigenvalue weighted by molar-refractivity contribution is 5.81. The van der Waals surface area contributed by atoms with Gasteiger partial charge < -0.3 is 14.8 Å². The Morgan fingerprint density at radius 1 is 1.00 bits per heavy atom. The number of nitrogens with one attached hydrogen (secondary N) is 1. The van der Waals surface area contributed by atoms with Crippen molar-refractivity contribution >= 4 is 22.8 Å². The Hall–Kier alpha value is -3.15. The van der Waals surface area contributed by atoms with E-state index in [0.717, 1.165) is 28.8 Å². The summed E-state index contributed by atoms with van der Waals surface area (Å²) in [6.45, 7) is 6.26. The normalized spacial score (nSPS) is 10.9. The van der Waals surface area contributed by atoms with Crippen LogP contribution in [0.2, 0.25) is 0 Å². The van der Waals surface area contributed by atoms with Gasteiger partial charge in [-0.1, -0.05) is 42.5 Å². The number of aromatic nitrogens is 2. The molecule has 2 amide bonds. The maximum Gasteiger partial charge on any atom is 0.242 e. The number of nitrogens with zero attached hydrogens (tertiary/aromatic N) is 3. The van der Waals surface area contributed by atoms with Crippen LogP contribution >= 0.6 is 0 Å². The summed E-state index contributed by atoms with van der Waals surface area (Å²) in [4.78, 5) is 31.4. The van der Waals surface area contributed by atoms with Crippen LogP contribution < -0.4 is 5.32 Å². The van der Waals surface area contributed by atoms with Gasteiger partial charge in [0.05, 0.1) is 17.5 Å². The molecule has 0 radical (unpaired) electrons. The van der Waals surface area contributed by atoms with Gasteiger partial charge in [0.15, 0.2) is 0 Å². The number of para-hydroxylation sites is 2. The van der Waals surface area contributed by atoms with E-state index in [4.69, 9.17) is 4.98 Å². The van der Waals surface area contributed by atoms with Crippen LogP contribution in [0.1, 0.15) is 31.7 Å². The van der Waals surface area contributed by atoms with Gasteiger partial charge in [0.2, 0.25) is 11.8 Å². The zero-order valence-electron chi connectivity index (χ0n) is 17.8. The molecule has 0 aliphatic carbocycles. The van der Waals surface area contributed by atoms with Crippen molar-refractivity contribution in [3.05, 3.63) is 66.0 Å². The Balaban J connectivity index is 1.61. The van der Waals surface area contributed by atoms with Crippen molar-refractivity contribution in [1.29, 1.82) is 0 Å². The summed E-state index contributed by atoms with van der Waals surface area (Å²) in [6.07, 6.45) is 1.85. The van der Waals surface area contributed by atoms with Crippen molar-refractivity contribution in [2.45, 2.75) is 39.7 Å². The summed E-state index contributed by atoms with van der Waals surface area (Å²) in [6, 6.07) is 17.6. The van der Waals surface area contributed by atoms with Crippen molar-refractivity contribution in [3.8, 4) is 0 Å². The summed E-state index contributed by atoms with van der Waals surface area (Å²) in [7, 11) is 0. The van der Waals surface area contributed by atoms with E-state index in [1.807, 2.05) is 77.9 Å². The minimum Gasteiger partial charge on any atom is -0.356 e. The van der Waals surface area contributed by atoms with Gasteiger partial charge in [-0.25, -0.2) is 4.98 Å². The smallest absolute Gasteiger partial charge is 0.242 e. The number of hydrogen-bond donors (Lipinski definition) is 1. The molecule has 30 heavy (non-hydrogen) atoms. The van der Waals surface area contributed by atoms with E-state index < -0.39 is 0 Å². The van der Waals surface area contributed by atoms with Gasteiger partial charge in [-0.15, -0.1) is 0 Å². The molecule has 158 valence electrons. The van der Waals surface area contributed by atoms with E-state index in [-0.39, 0.29) is 18.4 Å². The molecule has 0 spiro atoms. The number of hydrogen-bond acceptors (Lipinski definition) is 3. The number of rotatable bonds is 10. The van der Waals surface area contributed by atoms with Gasteiger partial charge in [-0.3, -0.25) is 9.59 Å². The predicted octanol–water partition coefficient (Wildman–Crippen LogP) is 3.20. The lowest BCUT2D eigenvalue weighted by atomic mass is 10.1. The fourth-order valence-corrected chi connectivity index (χ4v) is 3.62. The molecule has 6 heteroatoms. The van der Waals surface area contributed by atoms with Crippen molar-refractivity contribution in [2.75, 3.05) is 19.6 Å². The second kappa shape index (κ2) is 10.6. The van der Waals surface area contributed by atoms with E-state index in [0.29, 0.717) is 32.5 Å². The fourth-order valence-electron chi connectivity index (χ4n) is 3.62. The molecular formula is C24H30N4O2. The highest BCUT2D eigenvalue weighted by Gasteiger charge is 2.16. The molecule has 0 saturated carbocycles. The van der Waals surface area contributed by atoms with Crippen LogP contribution in [0.3, 0.4) is 0 Å². The number of likely N-dealkylation sites (N-methyl/N-ethyl adjacent to an activating group) is 1. The predicted molar refractivity (Wildman–Crippen MR) is 119 cm³/mol. The van der Waals surface area contributed by atoms with Gasteiger partial charge in [0, 0.05) is 26.1 Å². The monoisotopic (exact) mass is 406 g/mol. The van der Waals surface area contributed by atoms with Crippen LogP contribution in [-0.2, 0) is 29.0 Å². The number of carbonyl (C=O) groups is 2. The first-order chi connectivity index (χ1) is 14.6. The highest BCUT2D eigenvalue weighted by atomic mass is 16.2. The Kier molecular flexibility index (Phi) is 7.60. The molecule has 2 aromatic carbocycles. The molecule has 3 aromatic rings. The molecule has 1 heterocycles. The van der Waals surface area contributed by atoms with Gasteiger partial charge >= 0.3 is 0 Å². The molecule has 3 rings (SSSR count). The first-order valence-electron chi connectivity index (χ1n) is 10.6. The van der Waals surface area contributed by atoms with Gasteiger partial charge in [0.25, 0.3) is 0 Å². The van der Waals surface area contributed by atoms with Crippen LogP contribution in [-0.4, -0.2) is 45.9 Å². The third-order valence-corrected chi connectivity index (χ3v) is 5.25. The lowest BCUT2D eigenvalue weighted by Gasteiger charge is -2.20. The van der Waals surface area contributed by atoms with Crippen molar-refractivity contribution in [1.82, 2.24) is 19.8 Å². The Morgan fingerprint density at radius 3 is 2.43 bits per heavy atom. The van der Waals surface area contributed by atoms with E-state index in [1.54, 1.807) is 0 Å². The minimum absolute atomic E-state index is 0.0198. The minimum atomic E-state index is 0.0198. The third kappa shape index (κ3) is 5.47. The van der Waals surface area contributed by atoms with Gasteiger partial charge in [-0.2, -0.15) is 0 Å².